The molecule has 8 heteroatoms. The number of hydrogen-bond donors (Lipinski definition) is 2. The average molecular weight is 496 g/mol. The first-order chi connectivity index (χ1) is 11.9. The molecule has 0 saturated heterocycles. The Hall–Kier alpha value is -0.870. The van der Waals surface area contributed by atoms with Gasteiger partial charge in [0.05, 0.1) is 5.75 Å². The molecule has 6 nitrogen and oxygen atoms in total. The van der Waals surface area contributed by atoms with Gasteiger partial charge >= 0.3 is 0 Å². The summed E-state index contributed by atoms with van der Waals surface area (Å²) in [5.41, 5.74) is 1.31. The molecule has 0 aliphatic rings. The highest BCUT2D eigenvalue weighted by Crippen LogP contribution is 2.04. The second kappa shape index (κ2) is 13.3. The largest absolute Gasteiger partial charge is 0.355 e. The van der Waals surface area contributed by atoms with Crippen molar-refractivity contribution < 1.29 is 8.42 Å². The van der Waals surface area contributed by atoms with Crippen molar-refractivity contribution in [3.8, 4) is 0 Å². The number of rotatable bonds is 10. The van der Waals surface area contributed by atoms with Crippen molar-refractivity contribution in [2.45, 2.75) is 39.7 Å². The number of aliphatic imine (C=N–C) groups is 1. The minimum atomic E-state index is -3.21. The topological polar surface area (TPSA) is 73.8 Å². The van der Waals surface area contributed by atoms with Gasteiger partial charge in [0.15, 0.2) is 5.96 Å². The van der Waals surface area contributed by atoms with Crippen LogP contribution in [0.4, 0.5) is 0 Å². The third-order valence-corrected chi connectivity index (χ3v) is 6.09. The van der Waals surface area contributed by atoms with Crippen LogP contribution < -0.4 is 10.6 Å². The maximum absolute atomic E-state index is 12.2. The normalized spacial score (nSPS) is 13.2. The zero-order chi connectivity index (χ0) is 18.7. The van der Waals surface area contributed by atoms with E-state index in [-0.39, 0.29) is 35.8 Å². The quantitative estimate of drug-likeness (QED) is 0.297. The molecule has 0 radical (unpaired) electrons. The monoisotopic (exact) mass is 496 g/mol. The molecule has 0 saturated carbocycles. The van der Waals surface area contributed by atoms with E-state index in [1.807, 2.05) is 32.0 Å². The number of nitrogens with zero attached hydrogens (tertiary/aromatic N) is 2. The molecule has 2 N–H and O–H groups in total. The van der Waals surface area contributed by atoms with Crippen LogP contribution in [0.15, 0.2) is 35.3 Å². The summed E-state index contributed by atoms with van der Waals surface area (Å²) in [6.07, 6.45) is 1.96. The van der Waals surface area contributed by atoms with E-state index in [2.05, 4.69) is 34.7 Å². The molecule has 150 valence electrons. The SMILES string of the molecule is CCN(CC)S(=O)(=O)CCNC(=NC)NC(C)CCc1ccccc1.I. The number of benzene rings is 1. The van der Waals surface area contributed by atoms with Gasteiger partial charge in [-0.25, -0.2) is 12.7 Å². The first-order valence-electron chi connectivity index (χ1n) is 8.91. The fraction of sp³-hybridized carbons (Fsp3) is 0.611. The first kappa shape index (κ1) is 25.1. The molecule has 1 unspecified atom stereocenters. The second-order valence-corrected chi connectivity index (χ2v) is 8.06. The fourth-order valence-electron chi connectivity index (χ4n) is 2.57. The van der Waals surface area contributed by atoms with Crippen LogP contribution in [0.3, 0.4) is 0 Å². The highest BCUT2D eigenvalue weighted by molar-refractivity contribution is 14.0. The second-order valence-electron chi connectivity index (χ2n) is 5.97. The van der Waals surface area contributed by atoms with E-state index in [0.29, 0.717) is 25.6 Å². The standard InChI is InChI=1S/C18H32N4O2S.HI/c1-5-22(6-2)25(23,24)15-14-20-18(19-4)21-16(3)12-13-17-10-8-7-9-11-17;/h7-11,16H,5-6,12-15H2,1-4H3,(H2,19,20,21);1H. The summed E-state index contributed by atoms with van der Waals surface area (Å²) >= 11 is 0. The number of aryl methyl sites for hydroxylation is 1. The molecule has 0 aliphatic carbocycles. The Morgan fingerprint density at radius 1 is 1.19 bits per heavy atom. The van der Waals surface area contributed by atoms with Gasteiger partial charge in [0.2, 0.25) is 10.0 Å². The molecular weight excluding hydrogens is 463 g/mol. The van der Waals surface area contributed by atoms with E-state index < -0.39 is 10.0 Å². The van der Waals surface area contributed by atoms with Crippen LogP contribution in [-0.2, 0) is 16.4 Å². The van der Waals surface area contributed by atoms with Crippen molar-refractivity contribution in [3.05, 3.63) is 35.9 Å². The van der Waals surface area contributed by atoms with Gasteiger partial charge in [-0.05, 0) is 25.3 Å². The maximum Gasteiger partial charge on any atom is 0.215 e. The molecule has 0 spiro atoms. The zero-order valence-electron chi connectivity index (χ0n) is 16.2. The molecule has 0 aromatic heterocycles. The summed E-state index contributed by atoms with van der Waals surface area (Å²) in [4.78, 5) is 4.17. The van der Waals surface area contributed by atoms with Gasteiger partial charge in [-0.15, -0.1) is 24.0 Å². The number of nitrogens with one attached hydrogen (secondary N) is 2. The molecule has 26 heavy (non-hydrogen) atoms. The molecular formula is C18H33IN4O2S. The Kier molecular flexibility index (Phi) is 12.9. The van der Waals surface area contributed by atoms with E-state index in [0.717, 1.165) is 12.8 Å². The van der Waals surface area contributed by atoms with Gasteiger partial charge in [-0.3, -0.25) is 4.99 Å². The molecule has 0 heterocycles. The van der Waals surface area contributed by atoms with Crippen molar-refractivity contribution in [1.82, 2.24) is 14.9 Å². The summed E-state index contributed by atoms with van der Waals surface area (Å²) in [6, 6.07) is 10.6. The van der Waals surface area contributed by atoms with E-state index >= 15 is 0 Å². The van der Waals surface area contributed by atoms with Gasteiger partial charge in [0, 0.05) is 32.7 Å². The van der Waals surface area contributed by atoms with Crippen LogP contribution in [0.5, 0.6) is 0 Å². The summed E-state index contributed by atoms with van der Waals surface area (Å²) in [5, 5.41) is 6.40. The summed E-state index contributed by atoms with van der Waals surface area (Å²) in [7, 11) is -1.52. The lowest BCUT2D eigenvalue weighted by Gasteiger charge is -2.20. The molecule has 1 atom stereocenters. The minimum Gasteiger partial charge on any atom is -0.355 e. The Morgan fingerprint density at radius 2 is 1.81 bits per heavy atom. The van der Waals surface area contributed by atoms with Crippen LogP contribution >= 0.6 is 24.0 Å². The van der Waals surface area contributed by atoms with E-state index in [4.69, 9.17) is 0 Å². The van der Waals surface area contributed by atoms with Gasteiger partial charge in [-0.1, -0.05) is 44.2 Å². The van der Waals surface area contributed by atoms with E-state index in [9.17, 15) is 8.42 Å². The lowest BCUT2D eigenvalue weighted by molar-refractivity contribution is 0.445. The highest BCUT2D eigenvalue weighted by Gasteiger charge is 2.18. The van der Waals surface area contributed by atoms with Crippen molar-refractivity contribution in [2.24, 2.45) is 4.99 Å². The molecule has 1 aromatic rings. The predicted octanol–water partition coefficient (Wildman–Crippen LogP) is 2.46. The maximum atomic E-state index is 12.2. The third kappa shape index (κ3) is 9.18. The van der Waals surface area contributed by atoms with E-state index in [1.165, 1.54) is 9.87 Å². The molecule has 0 fully saturated rings. The third-order valence-electron chi connectivity index (χ3n) is 4.07. The number of guanidine groups is 1. The number of hydrogen-bond acceptors (Lipinski definition) is 3. The molecule has 1 aromatic carbocycles. The van der Waals surface area contributed by atoms with Crippen LogP contribution in [0.2, 0.25) is 0 Å². The van der Waals surface area contributed by atoms with Gasteiger partial charge in [-0.2, -0.15) is 0 Å². The Bertz CT molecular complexity index is 619. The lowest BCUT2D eigenvalue weighted by Crippen LogP contribution is -2.45. The highest BCUT2D eigenvalue weighted by atomic mass is 127. The molecule has 0 bridgehead atoms. The van der Waals surface area contributed by atoms with Crippen LogP contribution in [0, 0.1) is 0 Å². The molecule has 0 aliphatic heterocycles. The Labute approximate surface area is 175 Å². The summed E-state index contributed by atoms with van der Waals surface area (Å²) < 4.78 is 25.8. The first-order valence-corrected chi connectivity index (χ1v) is 10.5. The van der Waals surface area contributed by atoms with Crippen LogP contribution in [0.25, 0.3) is 0 Å². The van der Waals surface area contributed by atoms with Crippen molar-refractivity contribution in [3.63, 3.8) is 0 Å². The summed E-state index contributed by atoms with van der Waals surface area (Å²) in [5.74, 6) is 0.698. The fourth-order valence-corrected chi connectivity index (χ4v) is 3.98. The van der Waals surface area contributed by atoms with Crippen molar-refractivity contribution in [1.29, 1.82) is 0 Å². The van der Waals surface area contributed by atoms with Crippen molar-refractivity contribution >= 4 is 40.0 Å². The van der Waals surface area contributed by atoms with Gasteiger partial charge in [0.1, 0.15) is 0 Å². The predicted molar refractivity (Wildman–Crippen MR) is 121 cm³/mol. The Morgan fingerprint density at radius 3 is 2.35 bits per heavy atom. The van der Waals surface area contributed by atoms with E-state index in [1.54, 1.807) is 7.05 Å². The van der Waals surface area contributed by atoms with Gasteiger partial charge in [0.25, 0.3) is 0 Å². The minimum absolute atomic E-state index is 0. The smallest absolute Gasteiger partial charge is 0.215 e. The Balaban J connectivity index is 0.00000625. The van der Waals surface area contributed by atoms with Crippen molar-refractivity contribution in [2.75, 3.05) is 32.4 Å². The zero-order valence-corrected chi connectivity index (χ0v) is 19.4. The average Bonchev–Trinajstić information content (AvgIpc) is 2.60. The summed E-state index contributed by atoms with van der Waals surface area (Å²) in [6.45, 7) is 7.14. The number of halogens is 1. The van der Waals surface area contributed by atoms with Crippen LogP contribution in [0.1, 0.15) is 32.8 Å². The van der Waals surface area contributed by atoms with Crippen LogP contribution in [-0.4, -0.2) is 57.2 Å². The number of sulfonamides is 1. The molecule has 1 rings (SSSR count). The molecule has 0 amide bonds. The lowest BCUT2D eigenvalue weighted by atomic mass is 10.1. The van der Waals surface area contributed by atoms with Gasteiger partial charge < -0.3 is 10.6 Å².